The number of nitrogens with two attached hydrogens (primary N) is 1. The van der Waals surface area contributed by atoms with Crippen LogP contribution in [0, 0.1) is 11.3 Å². The van der Waals surface area contributed by atoms with Crippen molar-refractivity contribution in [1.82, 2.24) is 14.8 Å². The Bertz CT molecular complexity index is 601. The van der Waals surface area contributed by atoms with Crippen LogP contribution in [0.25, 0.3) is 0 Å². The fraction of sp³-hybridized carbons (Fsp3) is 0.308. The maximum absolute atomic E-state index is 8.81. The Morgan fingerprint density at radius 3 is 2.79 bits per heavy atom. The third-order valence-electron chi connectivity index (χ3n) is 2.99. The van der Waals surface area contributed by atoms with Crippen molar-refractivity contribution >= 4 is 11.6 Å². The maximum Gasteiger partial charge on any atom is 0.252 e. The molecule has 1 aromatic carbocycles. The maximum atomic E-state index is 8.81. The number of benzene rings is 1. The van der Waals surface area contributed by atoms with E-state index >= 15 is 0 Å². The second-order valence-corrected chi connectivity index (χ2v) is 4.61. The van der Waals surface area contributed by atoms with Crippen LogP contribution in [0.2, 0.25) is 5.02 Å². The molecule has 0 amide bonds. The van der Waals surface area contributed by atoms with E-state index in [1.54, 1.807) is 4.68 Å². The zero-order valence-electron chi connectivity index (χ0n) is 10.5. The number of aromatic nitrogens is 3. The van der Waals surface area contributed by atoms with Crippen LogP contribution >= 0.6 is 11.6 Å². The van der Waals surface area contributed by atoms with Crippen LogP contribution in [-0.2, 0) is 0 Å². The molecule has 19 heavy (non-hydrogen) atoms. The number of hydrogen-bond donors (Lipinski definition) is 1. The molecule has 98 valence electrons. The molecular formula is C13H14ClN5. The van der Waals surface area contributed by atoms with Gasteiger partial charge in [-0.05, 0) is 18.1 Å². The third-order valence-corrected chi connectivity index (χ3v) is 3.34. The standard InChI is InChI=1S/C13H14ClN5/c1-2-11(16)13(9-5-3-4-6-10(9)14)19-8-17-12(7-15)18-19/h3-6,8,11,13H,2,16H2,1H3. The molecule has 2 aromatic rings. The topological polar surface area (TPSA) is 80.5 Å². The van der Waals surface area contributed by atoms with E-state index in [-0.39, 0.29) is 17.9 Å². The predicted octanol–water partition coefficient (Wildman–Crippen LogP) is 2.13. The molecule has 1 heterocycles. The van der Waals surface area contributed by atoms with E-state index in [4.69, 9.17) is 22.6 Å². The van der Waals surface area contributed by atoms with Crippen molar-refractivity contribution in [2.75, 3.05) is 0 Å². The Balaban J connectivity index is 2.48. The smallest absolute Gasteiger partial charge is 0.252 e. The van der Waals surface area contributed by atoms with Crippen LogP contribution in [0.5, 0.6) is 0 Å². The molecule has 2 unspecified atom stereocenters. The van der Waals surface area contributed by atoms with Gasteiger partial charge in [-0.3, -0.25) is 0 Å². The zero-order chi connectivity index (χ0) is 13.8. The monoisotopic (exact) mass is 275 g/mol. The normalized spacial score (nSPS) is 13.8. The molecule has 0 aliphatic heterocycles. The van der Waals surface area contributed by atoms with Gasteiger partial charge >= 0.3 is 0 Å². The SMILES string of the molecule is CCC(N)C(c1ccccc1Cl)n1cnc(C#N)n1. The fourth-order valence-electron chi connectivity index (χ4n) is 1.97. The highest BCUT2D eigenvalue weighted by atomic mass is 35.5. The first-order valence-electron chi connectivity index (χ1n) is 5.98. The van der Waals surface area contributed by atoms with Crippen LogP contribution in [0.1, 0.15) is 30.8 Å². The van der Waals surface area contributed by atoms with E-state index in [9.17, 15) is 0 Å². The molecule has 1 aromatic heterocycles. The molecule has 0 radical (unpaired) electrons. The van der Waals surface area contributed by atoms with Crippen molar-refractivity contribution in [2.45, 2.75) is 25.4 Å². The van der Waals surface area contributed by atoms with Gasteiger partial charge in [-0.2, -0.15) is 5.26 Å². The summed E-state index contributed by atoms with van der Waals surface area (Å²) in [6.07, 6.45) is 2.28. The molecule has 0 spiro atoms. The summed E-state index contributed by atoms with van der Waals surface area (Å²) >= 11 is 6.23. The lowest BCUT2D eigenvalue weighted by Crippen LogP contribution is -2.33. The minimum absolute atomic E-state index is 0.125. The van der Waals surface area contributed by atoms with Crippen molar-refractivity contribution in [3.05, 3.63) is 47.0 Å². The lowest BCUT2D eigenvalue weighted by atomic mass is 9.98. The first-order chi connectivity index (χ1) is 9.17. The van der Waals surface area contributed by atoms with E-state index in [1.807, 2.05) is 37.3 Å². The Morgan fingerprint density at radius 1 is 1.47 bits per heavy atom. The van der Waals surface area contributed by atoms with Gasteiger partial charge in [-0.1, -0.05) is 36.7 Å². The lowest BCUT2D eigenvalue weighted by Gasteiger charge is -2.24. The average Bonchev–Trinajstić information content (AvgIpc) is 2.89. The molecular weight excluding hydrogens is 262 g/mol. The largest absolute Gasteiger partial charge is 0.326 e. The van der Waals surface area contributed by atoms with Crippen molar-refractivity contribution in [3.8, 4) is 6.07 Å². The minimum Gasteiger partial charge on any atom is -0.326 e. The van der Waals surface area contributed by atoms with E-state index in [0.717, 1.165) is 12.0 Å². The van der Waals surface area contributed by atoms with Gasteiger partial charge in [0, 0.05) is 11.1 Å². The van der Waals surface area contributed by atoms with Crippen molar-refractivity contribution in [2.24, 2.45) is 5.73 Å². The summed E-state index contributed by atoms with van der Waals surface area (Å²) in [6.45, 7) is 2.00. The highest BCUT2D eigenvalue weighted by molar-refractivity contribution is 6.31. The summed E-state index contributed by atoms with van der Waals surface area (Å²) in [6, 6.07) is 9.01. The quantitative estimate of drug-likeness (QED) is 0.927. The predicted molar refractivity (Wildman–Crippen MR) is 72.6 cm³/mol. The van der Waals surface area contributed by atoms with Gasteiger partial charge in [0.1, 0.15) is 12.4 Å². The fourth-order valence-corrected chi connectivity index (χ4v) is 2.22. The average molecular weight is 276 g/mol. The summed E-state index contributed by atoms with van der Waals surface area (Å²) < 4.78 is 1.61. The number of hydrogen-bond acceptors (Lipinski definition) is 4. The highest BCUT2D eigenvalue weighted by Crippen LogP contribution is 2.28. The summed E-state index contributed by atoms with van der Waals surface area (Å²) in [5, 5.41) is 13.6. The molecule has 0 aliphatic carbocycles. The molecule has 6 heteroatoms. The summed E-state index contributed by atoms with van der Waals surface area (Å²) in [5.41, 5.74) is 7.05. The van der Waals surface area contributed by atoms with Crippen molar-refractivity contribution in [1.29, 1.82) is 5.26 Å². The Hall–Kier alpha value is -1.90. The zero-order valence-corrected chi connectivity index (χ0v) is 11.2. The Kier molecular flexibility index (Phi) is 4.15. The first kappa shape index (κ1) is 13.5. The first-order valence-corrected chi connectivity index (χ1v) is 6.36. The number of nitrogens with zero attached hydrogens (tertiary/aromatic N) is 4. The molecule has 2 rings (SSSR count). The van der Waals surface area contributed by atoms with Gasteiger partial charge < -0.3 is 5.73 Å². The Labute approximate surface area is 116 Å². The summed E-state index contributed by atoms with van der Waals surface area (Å²) in [4.78, 5) is 3.92. The van der Waals surface area contributed by atoms with Gasteiger partial charge in [-0.15, -0.1) is 5.10 Å². The van der Waals surface area contributed by atoms with Crippen LogP contribution < -0.4 is 5.73 Å². The number of nitriles is 1. The third kappa shape index (κ3) is 2.75. The van der Waals surface area contributed by atoms with Gasteiger partial charge in [0.05, 0.1) is 6.04 Å². The van der Waals surface area contributed by atoms with E-state index in [1.165, 1.54) is 6.33 Å². The van der Waals surface area contributed by atoms with Crippen LogP contribution in [-0.4, -0.2) is 20.8 Å². The second kappa shape index (κ2) is 5.83. The van der Waals surface area contributed by atoms with E-state index < -0.39 is 0 Å². The molecule has 0 saturated carbocycles. The van der Waals surface area contributed by atoms with Gasteiger partial charge in [0.2, 0.25) is 0 Å². The number of rotatable bonds is 4. The summed E-state index contributed by atoms with van der Waals surface area (Å²) in [5.74, 6) is 0.125. The molecule has 5 nitrogen and oxygen atoms in total. The van der Waals surface area contributed by atoms with Gasteiger partial charge in [-0.25, -0.2) is 9.67 Å². The summed E-state index contributed by atoms with van der Waals surface area (Å²) in [7, 11) is 0. The Morgan fingerprint density at radius 2 is 2.21 bits per heavy atom. The number of halogens is 1. The van der Waals surface area contributed by atoms with Crippen LogP contribution in [0.4, 0.5) is 0 Å². The van der Waals surface area contributed by atoms with Crippen LogP contribution in [0.3, 0.4) is 0 Å². The molecule has 0 saturated heterocycles. The molecule has 0 bridgehead atoms. The molecule has 0 fully saturated rings. The van der Waals surface area contributed by atoms with E-state index in [0.29, 0.717) is 5.02 Å². The molecule has 0 aliphatic rings. The molecule has 2 N–H and O–H groups in total. The minimum atomic E-state index is -0.228. The van der Waals surface area contributed by atoms with Crippen LogP contribution in [0.15, 0.2) is 30.6 Å². The highest BCUT2D eigenvalue weighted by Gasteiger charge is 2.24. The lowest BCUT2D eigenvalue weighted by molar-refractivity contribution is 0.422. The van der Waals surface area contributed by atoms with E-state index in [2.05, 4.69) is 10.1 Å². The second-order valence-electron chi connectivity index (χ2n) is 4.20. The van der Waals surface area contributed by atoms with Gasteiger partial charge in [0.15, 0.2) is 0 Å². The van der Waals surface area contributed by atoms with Crippen molar-refractivity contribution in [3.63, 3.8) is 0 Å². The van der Waals surface area contributed by atoms with Gasteiger partial charge in [0.25, 0.3) is 5.82 Å². The van der Waals surface area contributed by atoms with Crippen molar-refractivity contribution < 1.29 is 0 Å². The molecule has 2 atom stereocenters.